The second-order valence-electron chi connectivity index (χ2n) is 3.41. The van der Waals surface area contributed by atoms with Crippen LogP contribution in [0.15, 0.2) is 0 Å². The zero-order chi connectivity index (χ0) is 8.65. The van der Waals surface area contributed by atoms with Crippen molar-refractivity contribution in [2.75, 3.05) is 19.0 Å². The molecule has 1 saturated heterocycles. The molecule has 1 aliphatic rings. The number of rotatable bonds is 5. The highest BCUT2D eigenvalue weighted by molar-refractivity contribution is 8.68. The van der Waals surface area contributed by atoms with Crippen molar-refractivity contribution in [2.24, 2.45) is 5.92 Å². The van der Waals surface area contributed by atoms with E-state index in [0.717, 1.165) is 19.1 Å². The predicted octanol–water partition coefficient (Wildman–Crippen LogP) is 3.16. The van der Waals surface area contributed by atoms with Gasteiger partial charge in [0.15, 0.2) is 0 Å². The number of unbranched alkanes of at least 4 members (excludes halogenated alkanes) is 1. The van der Waals surface area contributed by atoms with E-state index >= 15 is 0 Å². The monoisotopic (exact) mass is 206 g/mol. The lowest BCUT2D eigenvalue weighted by molar-refractivity contribution is 0.0509. The largest absolute Gasteiger partial charge is 0.381 e. The van der Waals surface area contributed by atoms with Crippen LogP contribution in [-0.2, 0) is 4.74 Å². The van der Waals surface area contributed by atoms with Crippen LogP contribution in [0.3, 0.4) is 0 Å². The van der Waals surface area contributed by atoms with Gasteiger partial charge >= 0.3 is 0 Å². The van der Waals surface area contributed by atoms with Crippen LogP contribution >= 0.6 is 22.5 Å². The number of ether oxygens (including phenoxy) is 1. The Kier molecular flexibility index (Phi) is 6.35. The third kappa shape index (κ3) is 4.63. The predicted molar refractivity (Wildman–Crippen MR) is 58.8 cm³/mol. The molecular weight excluding hydrogens is 188 g/mol. The lowest BCUT2D eigenvalue weighted by Crippen LogP contribution is -2.16. The topological polar surface area (TPSA) is 9.23 Å². The van der Waals surface area contributed by atoms with Crippen molar-refractivity contribution < 1.29 is 4.74 Å². The summed E-state index contributed by atoms with van der Waals surface area (Å²) in [7, 11) is 1.65. The Morgan fingerprint density at radius 1 is 1.42 bits per heavy atom. The molecule has 0 aromatic rings. The smallest absolute Gasteiger partial charge is 0.0494 e. The van der Waals surface area contributed by atoms with Gasteiger partial charge in [-0.3, -0.25) is 0 Å². The Morgan fingerprint density at radius 3 is 3.00 bits per heavy atom. The van der Waals surface area contributed by atoms with E-state index in [0.29, 0.717) is 0 Å². The van der Waals surface area contributed by atoms with Crippen molar-refractivity contribution in [1.82, 2.24) is 0 Å². The Balaban J connectivity index is 1.91. The summed E-state index contributed by atoms with van der Waals surface area (Å²) >= 11 is 4.11. The first kappa shape index (κ1) is 10.7. The normalized spacial score (nSPS) is 24.2. The van der Waals surface area contributed by atoms with Crippen LogP contribution < -0.4 is 0 Å². The van der Waals surface area contributed by atoms with Gasteiger partial charge in [0.2, 0.25) is 0 Å². The molecule has 0 radical (unpaired) electrons. The molecule has 0 N–H and O–H groups in total. The summed E-state index contributed by atoms with van der Waals surface area (Å²) in [4.78, 5) is 0. The van der Waals surface area contributed by atoms with Crippen LogP contribution in [0.1, 0.15) is 32.1 Å². The molecule has 1 unspecified atom stereocenters. The Hall–Kier alpha value is 0.660. The molecule has 3 heteroatoms. The van der Waals surface area contributed by atoms with Gasteiger partial charge in [0.25, 0.3) is 0 Å². The van der Waals surface area contributed by atoms with E-state index in [-0.39, 0.29) is 0 Å². The van der Waals surface area contributed by atoms with E-state index in [9.17, 15) is 0 Å². The highest BCUT2D eigenvalue weighted by Crippen LogP contribution is 2.20. The third-order valence-corrected chi connectivity index (χ3v) is 3.37. The maximum Gasteiger partial charge on any atom is 0.0494 e. The molecule has 72 valence electrons. The Bertz CT molecular complexity index is 103. The quantitative estimate of drug-likeness (QED) is 0.420. The molecule has 0 spiro atoms. The maximum atomic E-state index is 5.42. The van der Waals surface area contributed by atoms with E-state index in [2.05, 4.69) is 11.7 Å². The van der Waals surface area contributed by atoms with Gasteiger partial charge in [-0.05, 0) is 31.6 Å². The molecular formula is C9H18OS2. The van der Waals surface area contributed by atoms with E-state index < -0.39 is 0 Å². The second kappa shape index (κ2) is 7.10. The van der Waals surface area contributed by atoms with E-state index in [4.69, 9.17) is 4.74 Å². The summed E-state index contributed by atoms with van der Waals surface area (Å²) in [6, 6.07) is 0. The van der Waals surface area contributed by atoms with Gasteiger partial charge in [-0.2, -0.15) is 0 Å². The molecule has 1 nitrogen and oxygen atoms in total. The van der Waals surface area contributed by atoms with Crippen LogP contribution in [0, 0.1) is 5.92 Å². The summed E-state index contributed by atoms with van der Waals surface area (Å²) in [6.45, 7) is 2.00. The zero-order valence-electron chi connectivity index (χ0n) is 7.50. The molecule has 1 rings (SSSR count). The molecule has 0 saturated carbocycles. The van der Waals surface area contributed by atoms with Gasteiger partial charge in [-0.15, -0.1) is 11.7 Å². The molecule has 1 heterocycles. The fourth-order valence-electron chi connectivity index (χ4n) is 1.63. The van der Waals surface area contributed by atoms with E-state index in [1.165, 1.54) is 37.9 Å². The average molecular weight is 206 g/mol. The summed E-state index contributed by atoms with van der Waals surface area (Å²) in [5.41, 5.74) is 0. The molecule has 1 aliphatic heterocycles. The standard InChI is InChI=1S/C9H18OS2/c11-12-7-2-1-4-9-5-3-6-10-8-9/h9,11H,1-8H2. The first-order valence-electron chi connectivity index (χ1n) is 4.77. The first-order chi connectivity index (χ1) is 5.93. The van der Waals surface area contributed by atoms with Crippen LogP contribution in [-0.4, -0.2) is 19.0 Å². The summed E-state index contributed by atoms with van der Waals surface area (Å²) < 4.78 is 5.42. The van der Waals surface area contributed by atoms with Crippen molar-refractivity contribution in [1.29, 1.82) is 0 Å². The number of hydrogen-bond acceptors (Lipinski definition) is 3. The third-order valence-electron chi connectivity index (χ3n) is 2.35. The Morgan fingerprint density at radius 2 is 2.33 bits per heavy atom. The number of hydrogen-bond donors (Lipinski definition) is 1. The van der Waals surface area contributed by atoms with Crippen molar-refractivity contribution in [3.63, 3.8) is 0 Å². The molecule has 1 atom stereocenters. The van der Waals surface area contributed by atoms with Gasteiger partial charge in [-0.25, -0.2) is 0 Å². The fourth-order valence-corrected chi connectivity index (χ4v) is 2.36. The fraction of sp³-hybridized carbons (Fsp3) is 1.00. The minimum atomic E-state index is 0.851. The lowest BCUT2D eigenvalue weighted by atomic mass is 9.96. The van der Waals surface area contributed by atoms with E-state index in [1.807, 2.05) is 0 Å². The molecule has 12 heavy (non-hydrogen) atoms. The van der Waals surface area contributed by atoms with Crippen molar-refractivity contribution in [2.45, 2.75) is 32.1 Å². The summed E-state index contributed by atoms with van der Waals surface area (Å²) in [5, 5.41) is 0. The summed E-state index contributed by atoms with van der Waals surface area (Å²) in [5.74, 6) is 2.04. The first-order valence-corrected chi connectivity index (χ1v) is 6.81. The van der Waals surface area contributed by atoms with Crippen LogP contribution in [0.2, 0.25) is 0 Å². The highest BCUT2D eigenvalue weighted by Gasteiger charge is 2.12. The van der Waals surface area contributed by atoms with Crippen LogP contribution in [0.25, 0.3) is 0 Å². The van der Waals surface area contributed by atoms with Gasteiger partial charge < -0.3 is 4.74 Å². The van der Waals surface area contributed by atoms with E-state index in [1.54, 1.807) is 10.8 Å². The van der Waals surface area contributed by atoms with Crippen molar-refractivity contribution in [3.05, 3.63) is 0 Å². The van der Waals surface area contributed by atoms with Crippen molar-refractivity contribution in [3.8, 4) is 0 Å². The van der Waals surface area contributed by atoms with Gasteiger partial charge in [0, 0.05) is 19.0 Å². The minimum absolute atomic E-state index is 0.851. The molecule has 0 aliphatic carbocycles. The molecule has 0 aromatic heterocycles. The lowest BCUT2D eigenvalue weighted by Gasteiger charge is -2.21. The molecule has 1 fully saturated rings. The molecule has 0 amide bonds. The summed E-state index contributed by atoms with van der Waals surface area (Å²) in [6.07, 6.45) is 6.67. The van der Waals surface area contributed by atoms with Gasteiger partial charge in [0.05, 0.1) is 0 Å². The number of thiol groups is 1. The van der Waals surface area contributed by atoms with Gasteiger partial charge in [-0.1, -0.05) is 17.2 Å². The molecule has 0 aromatic carbocycles. The second-order valence-corrected chi connectivity index (χ2v) is 4.85. The zero-order valence-corrected chi connectivity index (χ0v) is 9.21. The SMILES string of the molecule is SSCCCCC1CCCOC1. The van der Waals surface area contributed by atoms with Crippen LogP contribution in [0.5, 0.6) is 0 Å². The highest BCUT2D eigenvalue weighted by atomic mass is 33.1. The maximum absolute atomic E-state index is 5.42. The Labute approximate surface area is 84.4 Å². The van der Waals surface area contributed by atoms with Crippen LogP contribution in [0.4, 0.5) is 0 Å². The average Bonchev–Trinajstić information content (AvgIpc) is 2.14. The molecule has 0 bridgehead atoms. The van der Waals surface area contributed by atoms with Crippen molar-refractivity contribution >= 4 is 22.5 Å². The van der Waals surface area contributed by atoms with Gasteiger partial charge in [0.1, 0.15) is 0 Å². The minimum Gasteiger partial charge on any atom is -0.381 e.